The van der Waals surface area contributed by atoms with E-state index >= 15 is 0 Å². The van der Waals surface area contributed by atoms with Crippen LogP contribution in [0.2, 0.25) is 0 Å². The highest BCUT2D eigenvalue weighted by Crippen LogP contribution is 2.31. The molecule has 1 saturated heterocycles. The maximum Gasteiger partial charge on any atom is 0.416 e. The topological polar surface area (TPSA) is 91.8 Å². The predicted molar refractivity (Wildman–Crippen MR) is 107 cm³/mol. The molecule has 0 spiro atoms. The standard InChI is InChI=1S/C21H19F3N4O4/c22-21(23,24)13-2-4-15(5-3-13)27-6-1-7-28(9-8-27)20(31)19(30)26-14-10-17-16(25-12-14)11-18(29)32-17/h2-5,10,12H,1,6-9,11H2,(H,26,30). The molecule has 1 aromatic carbocycles. The Morgan fingerprint density at radius 2 is 1.81 bits per heavy atom. The predicted octanol–water partition coefficient (Wildman–Crippen LogP) is 2.24. The number of pyridine rings is 1. The number of ether oxygens (including phenoxy) is 1. The number of nitrogens with one attached hydrogen (secondary N) is 1. The molecule has 1 fully saturated rings. The van der Waals surface area contributed by atoms with Gasteiger partial charge in [0.1, 0.15) is 0 Å². The zero-order valence-electron chi connectivity index (χ0n) is 16.8. The van der Waals surface area contributed by atoms with Crippen molar-refractivity contribution in [3.63, 3.8) is 0 Å². The van der Waals surface area contributed by atoms with Gasteiger partial charge in [-0.15, -0.1) is 0 Å². The number of alkyl halides is 3. The van der Waals surface area contributed by atoms with Crippen LogP contribution in [0.3, 0.4) is 0 Å². The van der Waals surface area contributed by atoms with Crippen LogP contribution in [0.4, 0.5) is 24.5 Å². The molecule has 0 radical (unpaired) electrons. The van der Waals surface area contributed by atoms with E-state index in [9.17, 15) is 27.6 Å². The molecule has 1 N–H and O–H groups in total. The zero-order valence-corrected chi connectivity index (χ0v) is 16.8. The SMILES string of the molecule is O=C1Cc2ncc(NC(=O)C(=O)N3CCCN(c4ccc(C(F)(F)F)cc4)CC3)cc2O1. The van der Waals surface area contributed by atoms with Gasteiger partial charge >= 0.3 is 24.0 Å². The Labute approximate surface area is 181 Å². The average molecular weight is 448 g/mol. The number of carbonyl (C=O) groups is 3. The van der Waals surface area contributed by atoms with E-state index in [-0.39, 0.29) is 24.4 Å². The summed E-state index contributed by atoms with van der Waals surface area (Å²) in [4.78, 5) is 43.7. The number of fused-ring (bicyclic) bond motifs is 1. The minimum Gasteiger partial charge on any atom is -0.424 e. The summed E-state index contributed by atoms with van der Waals surface area (Å²) in [5.41, 5.74) is 0.601. The molecule has 0 saturated carbocycles. The van der Waals surface area contributed by atoms with Crippen LogP contribution in [0.25, 0.3) is 0 Å². The van der Waals surface area contributed by atoms with Gasteiger partial charge in [0.05, 0.1) is 29.6 Å². The summed E-state index contributed by atoms with van der Waals surface area (Å²) in [7, 11) is 0. The lowest BCUT2D eigenvalue weighted by atomic mass is 10.2. The maximum atomic E-state index is 12.8. The van der Waals surface area contributed by atoms with E-state index in [2.05, 4.69) is 10.3 Å². The third-order valence-corrected chi connectivity index (χ3v) is 5.26. The number of halogens is 3. The Kier molecular flexibility index (Phi) is 5.72. The molecule has 168 valence electrons. The fourth-order valence-electron chi connectivity index (χ4n) is 3.63. The number of anilines is 2. The van der Waals surface area contributed by atoms with Crippen molar-refractivity contribution in [1.29, 1.82) is 0 Å². The monoisotopic (exact) mass is 448 g/mol. The van der Waals surface area contributed by atoms with E-state index < -0.39 is 29.5 Å². The van der Waals surface area contributed by atoms with E-state index in [1.54, 1.807) is 0 Å². The van der Waals surface area contributed by atoms with Crippen LogP contribution in [0.5, 0.6) is 5.75 Å². The smallest absolute Gasteiger partial charge is 0.416 e. The number of hydrogen-bond donors (Lipinski definition) is 1. The Morgan fingerprint density at radius 1 is 1.06 bits per heavy atom. The number of hydrogen-bond acceptors (Lipinski definition) is 6. The van der Waals surface area contributed by atoms with Gasteiger partial charge in [-0.2, -0.15) is 13.2 Å². The summed E-state index contributed by atoms with van der Waals surface area (Å²) in [6, 6.07) is 6.30. The average Bonchev–Trinajstić information content (AvgIpc) is 2.95. The highest BCUT2D eigenvalue weighted by Gasteiger charge is 2.31. The van der Waals surface area contributed by atoms with Crippen molar-refractivity contribution in [2.45, 2.75) is 19.0 Å². The lowest BCUT2D eigenvalue weighted by Gasteiger charge is -2.24. The van der Waals surface area contributed by atoms with E-state index in [1.165, 1.54) is 29.3 Å². The molecule has 0 bridgehead atoms. The summed E-state index contributed by atoms with van der Waals surface area (Å²) in [6.07, 6.45) is -2.44. The molecule has 2 aliphatic rings. The summed E-state index contributed by atoms with van der Waals surface area (Å²) < 4.78 is 43.3. The zero-order chi connectivity index (χ0) is 22.9. The van der Waals surface area contributed by atoms with E-state index in [1.807, 2.05) is 4.90 Å². The molecule has 2 aromatic rings. The van der Waals surface area contributed by atoms with Gasteiger partial charge in [0.15, 0.2) is 5.75 Å². The summed E-state index contributed by atoms with van der Waals surface area (Å²) in [6.45, 7) is 1.49. The van der Waals surface area contributed by atoms with Crippen LogP contribution >= 0.6 is 0 Å². The molecule has 3 heterocycles. The maximum absolute atomic E-state index is 12.8. The second-order valence-electron chi connectivity index (χ2n) is 7.45. The highest BCUT2D eigenvalue weighted by atomic mass is 19.4. The summed E-state index contributed by atoms with van der Waals surface area (Å²) in [5.74, 6) is -1.76. The van der Waals surface area contributed by atoms with Crippen LogP contribution in [0.15, 0.2) is 36.5 Å². The van der Waals surface area contributed by atoms with Crippen LogP contribution in [0, 0.1) is 0 Å². The first kappa shape index (κ1) is 21.6. The molecule has 2 aliphatic heterocycles. The third-order valence-electron chi connectivity index (χ3n) is 5.26. The van der Waals surface area contributed by atoms with Crippen LogP contribution < -0.4 is 15.0 Å². The first-order valence-electron chi connectivity index (χ1n) is 9.93. The number of esters is 1. The van der Waals surface area contributed by atoms with Gasteiger partial charge in [-0.05, 0) is 30.7 Å². The quantitative estimate of drug-likeness (QED) is 0.560. The second-order valence-corrected chi connectivity index (χ2v) is 7.45. The molecule has 8 nitrogen and oxygen atoms in total. The number of aromatic nitrogens is 1. The van der Waals surface area contributed by atoms with Gasteiger partial charge in [0.25, 0.3) is 0 Å². The second kappa shape index (κ2) is 8.48. The molecule has 0 aliphatic carbocycles. The fraction of sp³-hybridized carbons (Fsp3) is 0.333. The van der Waals surface area contributed by atoms with Crippen molar-refractivity contribution in [2.24, 2.45) is 0 Å². The van der Waals surface area contributed by atoms with Gasteiger partial charge in [0, 0.05) is 37.9 Å². The van der Waals surface area contributed by atoms with Crippen molar-refractivity contribution in [1.82, 2.24) is 9.88 Å². The third kappa shape index (κ3) is 4.66. The molecule has 4 rings (SSSR count). The molecule has 11 heteroatoms. The Balaban J connectivity index is 1.35. The van der Waals surface area contributed by atoms with E-state index in [0.29, 0.717) is 37.4 Å². The summed E-state index contributed by atoms with van der Waals surface area (Å²) in [5, 5.41) is 2.46. The lowest BCUT2D eigenvalue weighted by molar-refractivity contribution is -0.143. The van der Waals surface area contributed by atoms with Crippen molar-refractivity contribution in [3.8, 4) is 5.75 Å². The van der Waals surface area contributed by atoms with Gasteiger partial charge in [-0.25, -0.2) is 0 Å². The van der Waals surface area contributed by atoms with Gasteiger partial charge in [-0.3, -0.25) is 19.4 Å². The van der Waals surface area contributed by atoms with Crippen LogP contribution in [-0.2, 0) is 27.0 Å². The molecule has 1 aromatic heterocycles. The largest absolute Gasteiger partial charge is 0.424 e. The molecule has 32 heavy (non-hydrogen) atoms. The number of amides is 2. The number of nitrogens with zero attached hydrogens (tertiary/aromatic N) is 3. The molecular weight excluding hydrogens is 429 g/mol. The highest BCUT2D eigenvalue weighted by molar-refractivity contribution is 6.39. The summed E-state index contributed by atoms with van der Waals surface area (Å²) >= 11 is 0. The normalized spacial score (nSPS) is 16.3. The van der Waals surface area contributed by atoms with Gasteiger partial charge in [0.2, 0.25) is 0 Å². The van der Waals surface area contributed by atoms with Gasteiger partial charge in [-0.1, -0.05) is 0 Å². The first-order chi connectivity index (χ1) is 15.2. The Hall–Kier alpha value is -3.63. The van der Waals surface area contributed by atoms with E-state index in [4.69, 9.17) is 4.74 Å². The van der Waals surface area contributed by atoms with E-state index in [0.717, 1.165) is 12.1 Å². The number of rotatable bonds is 2. The van der Waals surface area contributed by atoms with Crippen LogP contribution in [-0.4, -0.2) is 53.8 Å². The minimum absolute atomic E-state index is 0.0612. The minimum atomic E-state index is -4.40. The fourth-order valence-corrected chi connectivity index (χ4v) is 3.63. The van der Waals surface area contributed by atoms with Gasteiger partial charge < -0.3 is 19.9 Å². The molecule has 2 amide bonds. The first-order valence-corrected chi connectivity index (χ1v) is 9.93. The Bertz CT molecular complexity index is 1060. The van der Waals surface area contributed by atoms with Crippen molar-refractivity contribution < 1.29 is 32.3 Å². The number of carbonyl (C=O) groups excluding carboxylic acids is 3. The molecule has 0 unspecified atom stereocenters. The van der Waals surface area contributed by atoms with Crippen molar-refractivity contribution in [2.75, 3.05) is 36.4 Å². The molecule has 0 atom stereocenters. The number of benzene rings is 1. The molecular formula is C21H19F3N4O4. The lowest BCUT2D eigenvalue weighted by Crippen LogP contribution is -2.41. The Morgan fingerprint density at radius 3 is 2.53 bits per heavy atom. The van der Waals surface area contributed by atoms with Crippen molar-refractivity contribution in [3.05, 3.63) is 47.8 Å². The van der Waals surface area contributed by atoms with Crippen molar-refractivity contribution >= 4 is 29.2 Å². The van der Waals surface area contributed by atoms with Crippen LogP contribution in [0.1, 0.15) is 17.7 Å².